The van der Waals surface area contributed by atoms with Crippen LogP contribution in [0.25, 0.3) is 0 Å². The van der Waals surface area contributed by atoms with Crippen LogP contribution in [0.5, 0.6) is 0 Å². The van der Waals surface area contributed by atoms with Crippen molar-refractivity contribution in [2.24, 2.45) is 5.41 Å². The van der Waals surface area contributed by atoms with Gasteiger partial charge in [-0.1, -0.05) is 0 Å². The lowest BCUT2D eigenvalue weighted by atomic mass is 9.78. The molecule has 0 bridgehead atoms. The van der Waals surface area contributed by atoms with E-state index >= 15 is 4.39 Å². The van der Waals surface area contributed by atoms with E-state index in [0.29, 0.717) is 37.6 Å². The second kappa shape index (κ2) is 8.54. The van der Waals surface area contributed by atoms with Gasteiger partial charge in [-0.25, -0.2) is 9.18 Å². The first kappa shape index (κ1) is 21.5. The molecule has 5 rings (SSSR count). The van der Waals surface area contributed by atoms with E-state index in [0.717, 1.165) is 57.9 Å². The fourth-order valence-corrected chi connectivity index (χ4v) is 5.99. The maximum atomic E-state index is 15.2. The van der Waals surface area contributed by atoms with Crippen LogP contribution >= 0.6 is 0 Å². The number of aliphatic hydroxyl groups is 1. The molecule has 3 saturated heterocycles. The van der Waals surface area contributed by atoms with Crippen LogP contribution in [-0.2, 0) is 9.53 Å². The molecule has 1 N–H and O–H groups in total. The van der Waals surface area contributed by atoms with Crippen LogP contribution in [0.3, 0.4) is 0 Å². The first-order chi connectivity index (χ1) is 15.5. The summed E-state index contributed by atoms with van der Waals surface area (Å²) in [7, 11) is 0. The fraction of sp³-hybridized carbons (Fsp3) is 0.667. The summed E-state index contributed by atoms with van der Waals surface area (Å²) in [6, 6.07) is 5.12. The summed E-state index contributed by atoms with van der Waals surface area (Å²) in [5.74, 6) is -0.168. The number of likely N-dealkylation sites (tertiary alicyclic amines) is 1. The summed E-state index contributed by atoms with van der Waals surface area (Å²) in [4.78, 5) is 31.0. The van der Waals surface area contributed by atoms with Gasteiger partial charge >= 0.3 is 6.09 Å². The van der Waals surface area contributed by atoms with Gasteiger partial charge in [-0.05, 0) is 69.6 Å². The summed E-state index contributed by atoms with van der Waals surface area (Å²) in [6.45, 7) is 2.92. The minimum atomic E-state index is -0.448. The van der Waals surface area contributed by atoms with Crippen molar-refractivity contribution in [3.05, 3.63) is 24.0 Å². The van der Waals surface area contributed by atoms with Crippen molar-refractivity contribution in [3.63, 3.8) is 0 Å². The molecule has 7 nitrogen and oxygen atoms in total. The number of hydrogen-bond acceptors (Lipinski definition) is 5. The van der Waals surface area contributed by atoms with Crippen molar-refractivity contribution in [2.75, 3.05) is 42.6 Å². The van der Waals surface area contributed by atoms with Crippen molar-refractivity contribution in [1.29, 1.82) is 0 Å². The number of carbonyl (C=O) groups excluding carboxylic acids is 2. The molecule has 3 aliphatic heterocycles. The molecular weight excluding hydrogens is 413 g/mol. The Morgan fingerprint density at radius 2 is 1.84 bits per heavy atom. The summed E-state index contributed by atoms with van der Waals surface area (Å²) < 4.78 is 20.2. The molecule has 1 spiro atoms. The monoisotopic (exact) mass is 445 g/mol. The Bertz CT molecular complexity index is 888. The normalized spacial score (nSPS) is 31.4. The summed E-state index contributed by atoms with van der Waals surface area (Å²) in [6.07, 6.45) is 5.79. The Balaban J connectivity index is 1.31. The summed E-state index contributed by atoms with van der Waals surface area (Å²) in [5, 5.41) is 9.81. The number of anilines is 2. The number of carbonyl (C=O) groups is 2. The van der Waals surface area contributed by atoms with Crippen molar-refractivity contribution in [3.8, 4) is 0 Å². The van der Waals surface area contributed by atoms with Gasteiger partial charge in [0, 0.05) is 32.2 Å². The maximum Gasteiger partial charge on any atom is 0.414 e. The number of ether oxygens (including phenoxy) is 1. The molecule has 4 aliphatic rings. The van der Waals surface area contributed by atoms with Crippen molar-refractivity contribution >= 4 is 23.4 Å². The van der Waals surface area contributed by atoms with E-state index in [1.165, 1.54) is 11.0 Å². The van der Waals surface area contributed by atoms with Gasteiger partial charge < -0.3 is 19.6 Å². The Morgan fingerprint density at radius 3 is 2.59 bits per heavy atom. The second-order valence-corrected chi connectivity index (χ2v) is 9.77. The Morgan fingerprint density at radius 1 is 1.03 bits per heavy atom. The number of benzene rings is 1. The number of piperidine rings is 1. The molecule has 0 radical (unpaired) electrons. The van der Waals surface area contributed by atoms with Crippen LogP contribution < -0.4 is 9.80 Å². The van der Waals surface area contributed by atoms with E-state index in [9.17, 15) is 14.7 Å². The van der Waals surface area contributed by atoms with Gasteiger partial charge in [0.2, 0.25) is 5.91 Å². The molecule has 1 unspecified atom stereocenters. The van der Waals surface area contributed by atoms with Crippen LogP contribution in [0.2, 0.25) is 0 Å². The van der Waals surface area contributed by atoms with Gasteiger partial charge in [-0.3, -0.25) is 9.69 Å². The summed E-state index contributed by atoms with van der Waals surface area (Å²) >= 11 is 0. The van der Waals surface area contributed by atoms with E-state index < -0.39 is 11.5 Å². The number of aliphatic hydroxyl groups excluding tert-OH is 1. The number of rotatable bonds is 3. The molecule has 4 fully saturated rings. The zero-order valence-corrected chi connectivity index (χ0v) is 18.5. The third kappa shape index (κ3) is 3.83. The number of cyclic esters (lactones) is 1. The van der Waals surface area contributed by atoms with E-state index in [-0.39, 0.29) is 23.9 Å². The molecule has 3 heterocycles. The molecule has 2 amide bonds. The first-order valence-corrected chi connectivity index (χ1v) is 11.9. The highest BCUT2D eigenvalue weighted by Gasteiger charge is 2.50. The topological polar surface area (TPSA) is 73.3 Å². The average Bonchev–Trinajstić information content (AvgIpc) is 3.10. The molecule has 0 aromatic heterocycles. The molecule has 1 saturated carbocycles. The number of nitrogens with zero attached hydrogens (tertiary/aromatic N) is 3. The zero-order chi connectivity index (χ0) is 22.3. The summed E-state index contributed by atoms with van der Waals surface area (Å²) in [5.41, 5.74) is 0.548. The highest BCUT2D eigenvalue weighted by Crippen LogP contribution is 2.44. The smallest absolute Gasteiger partial charge is 0.414 e. The fourth-order valence-electron chi connectivity index (χ4n) is 5.99. The van der Waals surface area contributed by atoms with Gasteiger partial charge in [0.05, 0.1) is 29.5 Å². The Labute approximate surface area is 188 Å². The number of halogens is 1. The predicted molar refractivity (Wildman–Crippen MR) is 118 cm³/mol. The Hall–Kier alpha value is -2.35. The number of amides is 2. The van der Waals surface area contributed by atoms with Crippen LogP contribution in [-0.4, -0.2) is 66.9 Å². The minimum absolute atomic E-state index is 0.205. The van der Waals surface area contributed by atoms with Gasteiger partial charge in [-0.2, -0.15) is 0 Å². The largest absolute Gasteiger partial charge is 0.449 e. The predicted octanol–water partition coefficient (Wildman–Crippen LogP) is 3.29. The maximum absolute atomic E-state index is 15.2. The third-order valence-electron chi connectivity index (χ3n) is 7.79. The molecule has 1 aromatic rings. The van der Waals surface area contributed by atoms with Gasteiger partial charge in [0.25, 0.3) is 0 Å². The molecule has 32 heavy (non-hydrogen) atoms. The lowest BCUT2D eigenvalue weighted by molar-refractivity contribution is -0.139. The van der Waals surface area contributed by atoms with Crippen molar-refractivity contribution in [1.82, 2.24) is 4.90 Å². The van der Waals surface area contributed by atoms with Crippen molar-refractivity contribution in [2.45, 2.75) is 63.5 Å². The van der Waals surface area contributed by atoms with Crippen LogP contribution in [0.4, 0.5) is 20.6 Å². The zero-order valence-electron chi connectivity index (χ0n) is 18.5. The van der Waals surface area contributed by atoms with E-state index in [1.54, 1.807) is 12.1 Å². The molecule has 8 heteroatoms. The lowest BCUT2D eigenvalue weighted by Crippen LogP contribution is -2.50. The number of hydrogen-bond donors (Lipinski definition) is 1. The SMILES string of the molecule is O=C1OCCCN1c1ccc(N2CCCC3(CCN([C@H]4CC[C@H](O)CC4)C3=O)C2)c(F)c1. The molecule has 1 aliphatic carbocycles. The van der Waals surface area contributed by atoms with Crippen LogP contribution in [0.1, 0.15) is 51.4 Å². The highest BCUT2D eigenvalue weighted by atomic mass is 19.1. The lowest BCUT2D eigenvalue weighted by Gasteiger charge is -2.41. The molecular formula is C24H32FN3O4. The van der Waals surface area contributed by atoms with Gasteiger partial charge in [0.15, 0.2) is 0 Å². The minimum Gasteiger partial charge on any atom is -0.449 e. The van der Waals surface area contributed by atoms with Crippen LogP contribution in [0.15, 0.2) is 18.2 Å². The van der Waals surface area contributed by atoms with Crippen molar-refractivity contribution < 1.29 is 23.8 Å². The highest BCUT2D eigenvalue weighted by molar-refractivity contribution is 5.89. The van der Waals surface area contributed by atoms with Crippen LogP contribution in [0, 0.1) is 11.2 Å². The molecule has 174 valence electrons. The van der Waals surface area contributed by atoms with Gasteiger partial charge in [-0.15, -0.1) is 0 Å². The molecule has 1 aromatic carbocycles. The standard InChI is InChI=1S/C24H32FN3O4/c25-20-15-18(28-12-2-14-32-23(28)31)5-8-21(20)26-11-1-9-24(16-26)10-13-27(22(24)30)17-3-6-19(29)7-4-17/h5,8,15,17,19,29H,1-4,6-7,9-14,16H2/t17-,19-,24?. The van der Waals surface area contributed by atoms with Gasteiger partial charge in [0.1, 0.15) is 5.82 Å². The average molecular weight is 446 g/mol. The second-order valence-electron chi connectivity index (χ2n) is 9.77. The van der Waals surface area contributed by atoms with E-state index in [2.05, 4.69) is 0 Å². The van der Waals surface area contributed by atoms with E-state index in [1.807, 2.05) is 9.80 Å². The Kier molecular flexibility index (Phi) is 5.73. The first-order valence-electron chi connectivity index (χ1n) is 11.9. The third-order valence-corrected chi connectivity index (χ3v) is 7.79. The quantitative estimate of drug-likeness (QED) is 0.773. The molecule has 1 atom stereocenters. The van der Waals surface area contributed by atoms with E-state index in [4.69, 9.17) is 4.74 Å².